The van der Waals surface area contributed by atoms with Crippen LogP contribution in [0.25, 0.3) is 11.5 Å². The van der Waals surface area contributed by atoms with Gasteiger partial charge in [0.15, 0.2) is 11.0 Å². The predicted octanol–water partition coefficient (Wildman–Crippen LogP) is 2.64. The molecule has 4 heterocycles. The lowest BCUT2D eigenvalue weighted by atomic mass is 9.86. The Hall–Kier alpha value is -2.08. The van der Waals surface area contributed by atoms with Crippen LogP contribution in [0.5, 0.6) is 0 Å². The lowest BCUT2D eigenvalue weighted by Gasteiger charge is -2.36. The average molecular weight is 528 g/mol. The Balaban J connectivity index is 1.34. The molecule has 0 bridgehead atoms. The normalized spacial score (nSPS) is 22.5. The number of halogens is 2. The molecular formula is C23H31ClFN5O4S. The number of nitrogens with zero attached hydrogens (tertiary/aromatic N) is 4. The van der Waals surface area contributed by atoms with E-state index in [-0.39, 0.29) is 42.4 Å². The van der Waals surface area contributed by atoms with Gasteiger partial charge in [-0.2, -0.15) is 0 Å². The molecule has 0 aromatic carbocycles. The smallest absolute Gasteiger partial charge is 0.223 e. The highest BCUT2D eigenvalue weighted by Gasteiger charge is 2.36. The number of sulfonamides is 1. The first-order valence-electron chi connectivity index (χ1n) is 11.9. The summed E-state index contributed by atoms with van der Waals surface area (Å²) in [6.45, 7) is 3.86. The van der Waals surface area contributed by atoms with Gasteiger partial charge >= 0.3 is 0 Å². The van der Waals surface area contributed by atoms with Crippen LogP contribution in [0, 0.1) is 17.7 Å². The number of hydrogen-bond donors (Lipinski definition) is 2. The maximum atomic E-state index is 13.2. The number of likely N-dealkylation sites (tertiary alicyclic amines) is 1. The molecule has 0 unspecified atom stereocenters. The Labute approximate surface area is 209 Å². The lowest BCUT2D eigenvalue weighted by Crippen LogP contribution is -2.44. The average Bonchev–Trinajstić information content (AvgIpc) is 3.24. The number of aliphatic hydroxyl groups excluding tert-OH is 1. The van der Waals surface area contributed by atoms with Gasteiger partial charge in [0.05, 0.1) is 17.6 Å². The molecule has 2 saturated heterocycles. The van der Waals surface area contributed by atoms with Crippen molar-refractivity contribution in [3.63, 3.8) is 0 Å². The van der Waals surface area contributed by atoms with Crippen LogP contribution < -0.4 is 0 Å². The molecule has 1 amide bonds. The zero-order valence-corrected chi connectivity index (χ0v) is 21.2. The van der Waals surface area contributed by atoms with E-state index in [1.807, 2.05) is 6.92 Å². The van der Waals surface area contributed by atoms with Gasteiger partial charge in [-0.1, -0.05) is 18.5 Å². The molecule has 2 aromatic heterocycles. The van der Waals surface area contributed by atoms with Gasteiger partial charge in [0, 0.05) is 45.1 Å². The molecule has 0 spiro atoms. The number of aromatic nitrogens is 3. The summed E-state index contributed by atoms with van der Waals surface area (Å²) in [7, 11) is -3.58. The molecule has 2 aliphatic heterocycles. The zero-order valence-electron chi connectivity index (χ0n) is 19.7. The van der Waals surface area contributed by atoms with Gasteiger partial charge in [-0.25, -0.2) is 27.1 Å². The molecule has 2 aliphatic rings. The summed E-state index contributed by atoms with van der Waals surface area (Å²) in [4.78, 5) is 25.8. The first-order valence-corrected chi connectivity index (χ1v) is 13.9. The van der Waals surface area contributed by atoms with Crippen molar-refractivity contribution in [1.82, 2.24) is 24.2 Å². The van der Waals surface area contributed by atoms with E-state index in [4.69, 9.17) is 11.6 Å². The number of amides is 1. The summed E-state index contributed by atoms with van der Waals surface area (Å²) in [5, 5.41) is 9.55. The molecule has 2 aromatic rings. The van der Waals surface area contributed by atoms with Crippen LogP contribution in [0.15, 0.2) is 18.3 Å². The van der Waals surface area contributed by atoms with Gasteiger partial charge in [0.25, 0.3) is 0 Å². The van der Waals surface area contributed by atoms with Crippen molar-refractivity contribution in [2.24, 2.45) is 11.8 Å². The molecule has 0 radical (unpaired) electrons. The van der Waals surface area contributed by atoms with Crippen LogP contribution in [-0.2, 0) is 14.8 Å². The van der Waals surface area contributed by atoms with Crippen LogP contribution in [0.4, 0.5) is 4.39 Å². The maximum absolute atomic E-state index is 13.2. The number of H-pyrrole nitrogens is 1. The number of aromatic amines is 1. The summed E-state index contributed by atoms with van der Waals surface area (Å²) in [6.07, 6.45) is 3.12. The van der Waals surface area contributed by atoms with E-state index in [9.17, 15) is 22.7 Å². The van der Waals surface area contributed by atoms with Crippen LogP contribution in [-0.4, -0.2) is 82.1 Å². The summed E-state index contributed by atoms with van der Waals surface area (Å²) in [6, 6.07) is 2.81. The van der Waals surface area contributed by atoms with Gasteiger partial charge in [0.2, 0.25) is 15.9 Å². The van der Waals surface area contributed by atoms with Gasteiger partial charge in [-0.15, -0.1) is 0 Å². The van der Waals surface area contributed by atoms with E-state index in [0.717, 1.165) is 24.7 Å². The van der Waals surface area contributed by atoms with Crippen molar-refractivity contribution in [3.05, 3.63) is 35.0 Å². The molecule has 2 N–H and O–H groups in total. The second kappa shape index (κ2) is 10.9. The quantitative estimate of drug-likeness (QED) is 0.571. The highest BCUT2D eigenvalue weighted by Crippen LogP contribution is 2.37. The first kappa shape index (κ1) is 26.0. The predicted molar refractivity (Wildman–Crippen MR) is 130 cm³/mol. The number of nitrogens with one attached hydrogen (secondary N) is 1. The third-order valence-electron chi connectivity index (χ3n) is 7.09. The SMILES string of the molecule is C[C@H]1CN(S(=O)(=O)CCC(=O)N2CCC(CO)CC2)CC[C@H]1c1[nH]c(-c2ccc(F)cn2)nc1Cl. The minimum atomic E-state index is -3.58. The van der Waals surface area contributed by atoms with Crippen LogP contribution in [0.1, 0.15) is 44.2 Å². The van der Waals surface area contributed by atoms with Crippen LogP contribution >= 0.6 is 11.6 Å². The number of aliphatic hydroxyl groups is 1. The van der Waals surface area contributed by atoms with E-state index in [0.29, 0.717) is 49.3 Å². The number of piperidine rings is 2. The number of carbonyl (C=O) groups excluding carboxylic acids is 1. The number of pyridine rings is 1. The van der Waals surface area contributed by atoms with E-state index in [1.165, 1.54) is 16.4 Å². The zero-order chi connectivity index (χ0) is 25.2. The molecule has 9 nitrogen and oxygen atoms in total. The molecule has 2 fully saturated rings. The van der Waals surface area contributed by atoms with Gasteiger partial charge in [-0.3, -0.25) is 4.79 Å². The minimum absolute atomic E-state index is 0.0231. The molecule has 4 rings (SSSR count). The maximum Gasteiger partial charge on any atom is 0.223 e. The van der Waals surface area contributed by atoms with Crippen molar-refractivity contribution in [1.29, 1.82) is 0 Å². The van der Waals surface area contributed by atoms with E-state index in [1.54, 1.807) is 4.90 Å². The van der Waals surface area contributed by atoms with Crippen molar-refractivity contribution in [3.8, 4) is 11.5 Å². The van der Waals surface area contributed by atoms with Gasteiger partial charge in [0.1, 0.15) is 11.5 Å². The third-order valence-corrected chi connectivity index (χ3v) is 9.21. The van der Waals surface area contributed by atoms with E-state index < -0.39 is 15.8 Å². The molecule has 0 aliphatic carbocycles. The summed E-state index contributed by atoms with van der Waals surface area (Å²) < 4.78 is 40.6. The summed E-state index contributed by atoms with van der Waals surface area (Å²) >= 11 is 6.40. The number of hydrogen-bond acceptors (Lipinski definition) is 6. The lowest BCUT2D eigenvalue weighted by molar-refractivity contribution is -0.132. The van der Waals surface area contributed by atoms with E-state index in [2.05, 4.69) is 15.0 Å². The van der Waals surface area contributed by atoms with Gasteiger partial charge in [-0.05, 0) is 43.2 Å². The fraction of sp³-hybridized carbons (Fsp3) is 0.609. The second-order valence-electron chi connectivity index (χ2n) is 9.45. The molecular weight excluding hydrogens is 497 g/mol. The highest BCUT2D eigenvalue weighted by molar-refractivity contribution is 7.89. The fourth-order valence-electron chi connectivity index (χ4n) is 4.91. The fourth-order valence-corrected chi connectivity index (χ4v) is 6.71. The van der Waals surface area contributed by atoms with Gasteiger partial charge < -0.3 is 15.0 Å². The Bertz CT molecular complexity index is 1140. The standard InChI is InChI=1S/C23H31ClFN5O4S/c1-15-13-30(35(33,34)11-7-20(32)29-8-4-16(14-31)5-9-29)10-6-18(15)21-22(24)28-23(27-21)19-3-2-17(25)12-26-19/h2-3,12,15-16,18,31H,4-11,13-14H2,1H3,(H,27,28)/t15-,18+/m0/s1. The number of rotatable bonds is 7. The molecule has 12 heteroatoms. The number of carbonyl (C=O) groups is 1. The highest BCUT2D eigenvalue weighted by atomic mass is 35.5. The summed E-state index contributed by atoms with van der Waals surface area (Å²) in [5.74, 6) is -0.204. The largest absolute Gasteiger partial charge is 0.396 e. The van der Waals surface area contributed by atoms with Crippen LogP contribution in [0.2, 0.25) is 5.15 Å². The van der Waals surface area contributed by atoms with Crippen molar-refractivity contribution < 1.29 is 22.7 Å². The molecule has 0 saturated carbocycles. The Morgan fingerprint density at radius 3 is 2.63 bits per heavy atom. The van der Waals surface area contributed by atoms with Crippen molar-refractivity contribution in [2.75, 3.05) is 38.5 Å². The Morgan fingerprint density at radius 2 is 2.00 bits per heavy atom. The monoisotopic (exact) mass is 527 g/mol. The Morgan fingerprint density at radius 1 is 1.26 bits per heavy atom. The van der Waals surface area contributed by atoms with Crippen molar-refractivity contribution >= 4 is 27.5 Å². The second-order valence-corrected chi connectivity index (χ2v) is 11.9. The van der Waals surface area contributed by atoms with E-state index >= 15 is 0 Å². The summed E-state index contributed by atoms with van der Waals surface area (Å²) in [5.41, 5.74) is 1.19. The molecule has 192 valence electrons. The van der Waals surface area contributed by atoms with Crippen molar-refractivity contribution in [2.45, 2.75) is 38.5 Å². The minimum Gasteiger partial charge on any atom is -0.396 e. The number of imidazole rings is 1. The molecule has 35 heavy (non-hydrogen) atoms. The topological polar surface area (TPSA) is 119 Å². The third kappa shape index (κ3) is 6.02. The molecule has 2 atom stereocenters. The first-order chi connectivity index (χ1) is 16.7. The Kier molecular flexibility index (Phi) is 8.09. The van der Waals surface area contributed by atoms with Crippen LogP contribution in [0.3, 0.4) is 0 Å².